The number of benzene rings is 1. The van der Waals surface area contributed by atoms with Crippen molar-refractivity contribution >= 4 is 28.9 Å². The van der Waals surface area contributed by atoms with Crippen LogP contribution < -0.4 is 10.6 Å². The highest BCUT2D eigenvalue weighted by Crippen LogP contribution is 2.16. The van der Waals surface area contributed by atoms with Crippen molar-refractivity contribution in [3.05, 3.63) is 70.8 Å². The van der Waals surface area contributed by atoms with E-state index in [-0.39, 0.29) is 29.9 Å². The second-order valence-electron chi connectivity index (χ2n) is 6.57. The van der Waals surface area contributed by atoms with Crippen LogP contribution in [0, 0.1) is 0 Å². The minimum Gasteiger partial charge on any atom is -0.349 e. The number of hydrogen-bond acceptors (Lipinski definition) is 4. The Hall–Kier alpha value is -2.90. The summed E-state index contributed by atoms with van der Waals surface area (Å²) >= 11 is 6.14. The SMILES string of the molecule is CN(C)CCNC(=O)c1nc(C(=O)NCc2ccccc2Cl)n2ccccc12. The second kappa shape index (κ2) is 8.86. The zero-order chi connectivity index (χ0) is 20.1. The monoisotopic (exact) mass is 399 g/mol. The number of halogens is 1. The number of nitrogens with one attached hydrogen (secondary N) is 2. The molecule has 8 heteroatoms. The van der Waals surface area contributed by atoms with Gasteiger partial charge >= 0.3 is 0 Å². The van der Waals surface area contributed by atoms with Crippen LogP contribution >= 0.6 is 11.6 Å². The molecule has 0 aliphatic rings. The van der Waals surface area contributed by atoms with Crippen LogP contribution in [0.15, 0.2) is 48.7 Å². The van der Waals surface area contributed by atoms with E-state index < -0.39 is 0 Å². The van der Waals surface area contributed by atoms with E-state index in [2.05, 4.69) is 15.6 Å². The number of pyridine rings is 1. The summed E-state index contributed by atoms with van der Waals surface area (Å²) in [5, 5.41) is 6.23. The molecule has 3 rings (SSSR count). The van der Waals surface area contributed by atoms with Gasteiger partial charge in [0, 0.05) is 30.9 Å². The van der Waals surface area contributed by atoms with Gasteiger partial charge in [0.15, 0.2) is 5.69 Å². The van der Waals surface area contributed by atoms with Crippen LogP contribution in [0.4, 0.5) is 0 Å². The molecule has 0 aliphatic heterocycles. The minimum absolute atomic E-state index is 0.153. The van der Waals surface area contributed by atoms with Crippen molar-refractivity contribution in [3.63, 3.8) is 0 Å². The maximum absolute atomic E-state index is 12.7. The summed E-state index contributed by atoms with van der Waals surface area (Å²) in [5.74, 6) is -0.537. The van der Waals surface area contributed by atoms with E-state index in [0.29, 0.717) is 23.6 Å². The summed E-state index contributed by atoms with van der Waals surface area (Å²) in [6.45, 7) is 1.47. The lowest BCUT2D eigenvalue weighted by molar-refractivity contribution is 0.0939. The number of amides is 2. The van der Waals surface area contributed by atoms with E-state index in [1.807, 2.05) is 37.2 Å². The number of nitrogens with zero attached hydrogens (tertiary/aromatic N) is 3. The molecule has 2 amide bonds. The highest BCUT2D eigenvalue weighted by Gasteiger charge is 2.21. The van der Waals surface area contributed by atoms with Crippen molar-refractivity contribution in [2.45, 2.75) is 6.54 Å². The molecule has 0 unspecified atom stereocenters. The second-order valence-corrected chi connectivity index (χ2v) is 6.98. The summed E-state index contributed by atoms with van der Waals surface area (Å²) in [6.07, 6.45) is 1.71. The molecule has 2 aromatic heterocycles. The van der Waals surface area contributed by atoms with Crippen molar-refractivity contribution in [2.75, 3.05) is 27.2 Å². The topological polar surface area (TPSA) is 78.7 Å². The Labute approximate surface area is 168 Å². The molecule has 0 aliphatic carbocycles. The van der Waals surface area contributed by atoms with Crippen LogP contribution in [0.2, 0.25) is 5.02 Å². The molecule has 0 fully saturated rings. The van der Waals surface area contributed by atoms with Crippen LogP contribution in [-0.4, -0.2) is 53.3 Å². The van der Waals surface area contributed by atoms with Gasteiger partial charge < -0.3 is 15.5 Å². The van der Waals surface area contributed by atoms with Gasteiger partial charge in [0.25, 0.3) is 11.8 Å². The summed E-state index contributed by atoms with van der Waals surface area (Å²) in [7, 11) is 3.86. The number of hydrogen-bond donors (Lipinski definition) is 2. The zero-order valence-corrected chi connectivity index (χ0v) is 16.5. The van der Waals surface area contributed by atoms with Gasteiger partial charge in [0.05, 0.1) is 5.52 Å². The molecular formula is C20H22ClN5O2. The van der Waals surface area contributed by atoms with Gasteiger partial charge in [0.1, 0.15) is 0 Å². The lowest BCUT2D eigenvalue weighted by Crippen LogP contribution is -2.31. The third-order valence-electron chi connectivity index (χ3n) is 4.21. The first-order chi connectivity index (χ1) is 13.5. The van der Waals surface area contributed by atoms with Gasteiger partial charge in [0.2, 0.25) is 5.82 Å². The largest absolute Gasteiger partial charge is 0.349 e. The smallest absolute Gasteiger partial charge is 0.287 e. The molecule has 0 radical (unpaired) electrons. The average molecular weight is 400 g/mol. The van der Waals surface area contributed by atoms with Gasteiger partial charge in [-0.2, -0.15) is 0 Å². The number of likely N-dealkylation sites (N-methyl/N-ethyl adjacent to an activating group) is 1. The van der Waals surface area contributed by atoms with Crippen molar-refractivity contribution < 1.29 is 9.59 Å². The summed E-state index contributed by atoms with van der Waals surface area (Å²) in [6, 6.07) is 12.6. The number of carbonyl (C=O) groups excluding carboxylic acids is 2. The zero-order valence-electron chi connectivity index (χ0n) is 15.8. The molecular weight excluding hydrogens is 378 g/mol. The molecule has 2 N–H and O–H groups in total. The summed E-state index contributed by atoms with van der Waals surface area (Å²) in [5.41, 5.74) is 1.61. The molecule has 28 heavy (non-hydrogen) atoms. The summed E-state index contributed by atoms with van der Waals surface area (Å²) < 4.78 is 1.61. The van der Waals surface area contributed by atoms with E-state index in [1.165, 1.54) is 0 Å². The Morgan fingerprint density at radius 2 is 1.82 bits per heavy atom. The van der Waals surface area contributed by atoms with E-state index in [9.17, 15) is 9.59 Å². The number of imidazole rings is 1. The molecule has 0 saturated carbocycles. The van der Waals surface area contributed by atoms with E-state index in [4.69, 9.17) is 11.6 Å². The lowest BCUT2D eigenvalue weighted by atomic mass is 10.2. The van der Waals surface area contributed by atoms with Gasteiger partial charge in [-0.25, -0.2) is 4.98 Å². The lowest BCUT2D eigenvalue weighted by Gasteiger charge is -2.09. The van der Waals surface area contributed by atoms with Gasteiger partial charge in [-0.3, -0.25) is 14.0 Å². The molecule has 0 atom stereocenters. The first kappa shape index (κ1) is 19.9. The van der Waals surface area contributed by atoms with Crippen LogP contribution in [0.3, 0.4) is 0 Å². The maximum Gasteiger partial charge on any atom is 0.287 e. The first-order valence-electron chi connectivity index (χ1n) is 8.89. The number of carbonyl (C=O) groups is 2. The van der Waals surface area contributed by atoms with E-state index in [0.717, 1.165) is 5.56 Å². The predicted molar refractivity (Wildman–Crippen MR) is 109 cm³/mol. The molecule has 0 bridgehead atoms. The van der Waals surface area contributed by atoms with Crippen LogP contribution in [0.25, 0.3) is 5.52 Å². The molecule has 1 aromatic carbocycles. The van der Waals surface area contributed by atoms with Crippen molar-refractivity contribution in [1.82, 2.24) is 24.9 Å². The Kier molecular flexibility index (Phi) is 6.28. The molecule has 0 saturated heterocycles. The quantitative estimate of drug-likeness (QED) is 0.638. The first-order valence-corrected chi connectivity index (χ1v) is 9.27. The maximum atomic E-state index is 12.7. The van der Waals surface area contributed by atoms with Crippen LogP contribution in [-0.2, 0) is 6.54 Å². The Morgan fingerprint density at radius 1 is 1.07 bits per heavy atom. The van der Waals surface area contributed by atoms with Crippen molar-refractivity contribution in [1.29, 1.82) is 0 Å². The predicted octanol–water partition coefficient (Wildman–Crippen LogP) is 2.21. The standard InChI is InChI=1S/C20H22ClN5O2/c1-25(2)12-10-22-19(27)17-16-9-5-6-11-26(16)18(24-17)20(28)23-13-14-7-3-4-8-15(14)21/h3-9,11H,10,12-13H2,1-2H3,(H,22,27)(H,23,28). The van der Waals surface area contributed by atoms with Gasteiger partial charge in [-0.05, 0) is 37.9 Å². The van der Waals surface area contributed by atoms with Crippen molar-refractivity contribution in [2.24, 2.45) is 0 Å². The highest BCUT2D eigenvalue weighted by molar-refractivity contribution is 6.31. The highest BCUT2D eigenvalue weighted by atomic mass is 35.5. The van der Waals surface area contributed by atoms with Crippen molar-refractivity contribution in [3.8, 4) is 0 Å². The molecule has 2 heterocycles. The van der Waals surface area contributed by atoms with E-state index in [1.54, 1.807) is 34.9 Å². The minimum atomic E-state index is -0.381. The third-order valence-corrected chi connectivity index (χ3v) is 4.58. The van der Waals surface area contributed by atoms with Crippen LogP contribution in [0.5, 0.6) is 0 Å². The molecule has 7 nitrogen and oxygen atoms in total. The summed E-state index contributed by atoms with van der Waals surface area (Å²) in [4.78, 5) is 31.5. The Morgan fingerprint density at radius 3 is 2.57 bits per heavy atom. The number of rotatable bonds is 7. The Balaban J connectivity index is 1.80. The fourth-order valence-electron chi connectivity index (χ4n) is 2.74. The number of aromatic nitrogens is 2. The molecule has 0 spiro atoms. The Bertz CT molecular complexity index is 999. The third kappa shape index (κ3) is 4.49. The molecule has 146 valence electrons. The van der Waals surface area contributed by atoms with Gasteiger partial charge in [-0.15, -0.1) is 0 Å². The van der Waals surface area contributed by atoms with E-state index >= 15 is 0 Å². The number of fused-ring (bicyclic) bond motifs is 1. The average Bonchev–Trinajstić information content (AvgIpc) is 3.07. The molecule has 3 aromatic rings. The normalized spacial score (nSPS) is 11.0. The van der Waals surface area contributed by atoms with Crippen LogP contribution in [0.1, 0.15) is 26.7 Å². The fraction of sp³-hybridized carbons (Fsp3) is 0.250. The van der Waals surface area contributed by atoms with Gasteiger partial charge in [-0.1, -0.05) is 35.9 Å². The fourth-order valence-corrected chi connectivity index (χ4v) is 2.94.